The number of esters is 3. The number of hydrogen-bond donors (Lipinski definition) is 0. The van der Waals surface area contributed by atoms with E-state index in [1.54, 1.807) is 6.92 Å². The number of hydrogen-bond acceptors (Lipinski definition) is 7. The first-order valence-corrected chi connectivity index (χ1v) is 6.95. The Morgan fingerprint density at radius 3 is 1.70 bits per heavy atom. The standard InChI is InChI=1S/C12H17BrO7/c1-5-9(18-6(2)14)10(19-7(3)15)11(12(13)17-5)20-8(4)16/h5,9-12H,1-4H3/t5-,9-,10+,11-,12?/m1/s1. The molecule has 1 heterocycles. The first-order chi connectivity index (χ1) is 9.22. The van der Waals surface area contributed by atoms with Crippen LogP contribution in [0.1, 0.15) is 27.7 Å². The molecule has 1 unspecified atom stereocenters. The maximum absolute atomic E-state index is 11.2. The van der Waals surface area contributed by atoms with Gasteiger partial charge in [-0.3, -0.25) is 14.4 Å². The van der Waals surface area contributed by atoms with Gasteiger partial charge in [0.1, 0.15) is 0 Å². The van der Waals surface area contributed by atoms with Crippen LogP contribution in [-0.4, -0.2) is 47.3 Å². The Kier molecular flexibility index (Phi) is 5.94. The van der Waals surface area contributed by atoms with Gasteiger partial charge in [0.25, 0.3) is 0 Å². The van der Waals surface area contributed by atoms with E-state index in [1.165, 1.54) is 20.8 Å². The van der Waals surface area contributed by atoms with Crippen molar-refractivity contribution in [2.75, 3.05) is 0 Å². The van der Waals surface area contributed by atoms with Crippen molar-refractivity contribution < 1.29 is 33.3 Å². The van der Waals surface area contributed by atoms with E-state index in [4.69, 9.17) is 18.9 Å². The fraction of sp³-hybridized carbons (Fsp3) is 0.750. The van der Waals surface area contributed by atoms with E-state index in [0.29, 0.717) is 0 Å². The summed E-state index contributed by atoms with van der Waals surface area (Å²) < 4.78 is 20.9. The molecule has 1 saturated heterocycles. The van der Waals surface area contributed by atoms with Crippen molar-refractivity contribution >= 4 is 33.8 Å². The topological polar surface area (TPSA) is 88.1 Å². The van der Waals surface area contributed by atoms with Gasteiger partial charge in [-0.15, -0.1) is 0 Å². The Morgan fingerprint density at radius 2 is 1.25 bits per heavy atom. The van der Waals surface area contributed by atoms with Gasteiger partial charge in [-0.1, -0.05) is 15.9 Å². The van der Waals surface area contributed by atoms with Crippen LogP contribution in [0, 0.1) is 0 Å². The van der Waals surface area contributed by atoms with Crippen LogP contribution in [-0.2, 0) is 33.3 Å². The van der Waals surface area contributed by atoms with E-state index in [0.717, 1.165) is 0 Å². The Morgan fingerprint density at radius 1 is 0.850 bits per heavy atom. The van der Waals surface area contributed by atoms with Crippen molar-refractivity contribution in [3.63, 3.8) is 0 Å². The Labute approximate surface area is 125 Å². The average Bonchev–Trinajstić information content (AvgIpc) is 2.27. The SMILES string of the molecule is CC(=O)O[C@H]1[C@H](OC(C)=O)[C@@H](OC(C)=O)C(Br)O[C@@H]1C. The zero-order valence-electron chi connectivity index (χ0n) is 11.6. The van der Waals surface area contributed by atoms with Gasteiger partial charge < -0.3 is 18.9 Å². The molecule has 0 N–H and O–H groups in total. The van der Waals surface area contributed by atoms with Gasteiger partial charge in [-0.25, -0.2) is 0 Å². The monoisotopic (exact) mass is 352 g/mol. The number of carbonyl (C=O) groups excluding carboxylic acids is 3. The van der Waals surface area contributed by atoms with Crippen LogP contribution in [0.25, 0.3) is 0 Å². The third kappa shape index (κ3) is 4.45. The third-order valence-corrected chi connectivity index (χ3v) is 3.36. The molecule has 0 spiro atoms. The highest BCUT2D eigenvalue weighted by Crippen LogP contribution is 2.31. The van der Waals surface area contributed by atoms with Crippen LogP contribution in [0.5, 0.6) is 0 Å². The van der Waals surface area contributed by atoms with E-state index in [9.17, 15) is 14.4 Å². The molecular formula is C12H17BrO7. The van der Waals surface area contributed by atoms with Crippen LogP contribution in [0.2, 0.25) is 0 Å². The highest BCUT2D eigenvalue weighted by atomic mass is 79.9. The molecule has 0 bridgehead atoms. The maximum atomic E-state index is 11.2. The summed E-state index contributed by atoms with van der Waals surface area (Å²) in [6, 6.07) is 0. The molecular weight excluding hydrogens is 336 g/mol. The Bertz CT molecular complexity index is 369. The summed E-state index contributed by atoms with van der Waals surface area (Å²) in [6.45, 7) is 5.35. The van der Waals surface area contributed by atoms with Gasteiger partial charge in [-0.2, -0.15) is 0 Å². The number of halogens is 1. The third-order valence-electron chi connectivity index (χ3n) is 2.62. The fourth-order valence-electron chi connectivity index (χ4n) is 1.96. The normalized spacial score (nSPS) is 33.1. The second-order valence-corrected chi connectivity index (χ2v) is 5.32. The van der Waals surface area contributed by atoms with E-state index in [-0.39, 0.29) is 0 Å². The summed E-state index contributed by atoms with van der Waals surface area (Å²) in [5.41, 5.74) is 0. The van der Waals surface area contributed by atoms with Crippen LogP contribution >= 0.6 is 15.9 Å². The predicted octanol–water partition coefficient (Wildman–Crippen LogP) is 0.921. The average molecular weight is 353 g/mol. The Balaban J connectivity index is 3.01. The second kappa shape index (κ2) is 7.03. The molecule has 0 aromatic carbocycles. The van der Waals surface area contributed by atoms with Gasteiger partial charge in [0.2, 0.25) is 0 Å². The number of ether oxygens (including phenoxy) is 4. The van der Waals surface area contributed by atoms with Crippen molar-refractivity contribution in [2.24, 2.45) is 0 Å². The van der Waals surface area contributed by atoms with E-state index < -0.39 is 47.3 Å². The smallest absolute Gasteiger partial charge is 0.303 e. The molecule has 1 aliphatic rings. The van der Waals surface area contributed by atoms with Gasteiger partial charge in [0.05, 0.1) is 6.10 Å². The quantitative estimate of drug-likeness (QED) is 0.424. The maximum Gasteiger partial charge on any atom is 0.303 e. The van der Waals surface area contributed by atoms with Gasteiger partial charge >= 0.3 is 17.9 Å². The minimum atomic E-state index is -0.937. The van der Waals surface area contributed by atoms with E-state index >= 15 is 0 Å². The molecule has 0 amide bonds. The van der Waals surface area contributed by atoms with Crippen LogP contribution < -0.4 is 0 Å². The molecule has 0 saturated carbocycles. The molecule has 1 fully saturated rings. The lowest BCUT2D eigenvalue weighted by Gasteiger charge is -2.41. The summed E-state index contributed by atoms with van der Waals surface area (Å²) in [5.74, 6) is -1.67. The molecule has 1 aliphatic heterocycles. The van der Waals surface area contributed by atoms with Crippen molar-refractivity contribution in [3.8, 4) is 0 Å². The highest BCUT2D eigenvalue weighted by molar-refractivity contribution is 9.09. The molecule has 7 nitrogen and oxygen atoms in total. The van der Waals surface area contributed by atoms with Crippen LogP contribution in [0.4, 0.5) is 0 Å². The first-order valence-electron chi connectivity index (χ1n) is 6.03. The van der Waals surface area contributed by atoms with E-state index in [2.05, 4.69) is 15.9 Å². The lowest BCUT2D eigenvalue weighted by atomic mass is 10.00. The fourth-order valence-corrected chi connectivity index (χ4v) is 2.70. The minimum Gasteiger partial charge on any atom is -0.456 e. The van der Waals surface area contributed by atoms with Gasteiger partial charge in [-0.05, 0) is 6.92 Å². The van der Waals surface area contributed by atoms with Crippen molar-refractivity contribution in [3.05, 3.63) is 0 Å². The molecule has 20 heavy (non-hydrogen) atoms. The molecule has 0 aliphatic carbocycles. The van der Waals surface area contributed by atoms with Gasteiger partial charge in [0, 0.05) is 20.8 Å². The molecule has 5 atom stereocenters. The zero-order chi connectivity index (χ0) is 15.4. The van der Waals surface area contributed by atoms with Crippen molar-refractivity contribution in [2.45, 2.75) is 57.1 Å². The molecule has 114 valence electrons. The largest absolute Gasteiger partial charge is 0.456 e. The molecule has 0 radical (unpaired) electrons. The highest BCUT2D eigenvalue weighted by Gasteiger charge is 2.49. The van der Waals surface area contributed by atoms with Crippen molar-refractivity contribution in [1.82, 2.24) is 0 Å². The number of rotatable bonds is 3. The summed E-state index contributed by atoms with van der Waals surface area (Å²) in [5, 5.41) is -0.669. The van der Waals surface area contributed by atoms with Crippen LogP contribution in [0.3, 0.4) is 0 Å². The van der Waals surface area contributed by atoms with E-state index in [1.807, 2.05) is 0 Å². The summed E-state index contributed by atoms with van der Waals surface area (Å²) in [6.07, 6.45) is -3.22. The zero-order valence-corrected chi connectivity index (χ0v) is 13.2. The molecule has 0 aromatic rings. The van der Waals surface area contributed by atoms with Crippen LogP contribution in [0.15, 0.2) is 0 Å². The predicted molar refractivity (Wildman–Crippen MR) is 69.9 cm³/mol. The Hall–Kier alpha value is -1.15. The lowest BCUT2D eigenvalue weighted by molar-refractivity contribution is -0.227. The molecule has 1 rings (SSSR count). The lowest BCUT2D eigenvalue weighted by Crippen LogP contribution is -2.59. The minimum absolute atomic E-state index is 0.528. The number of alkyl halides is 1. The molecule has 0 aromatic heterocycles. The summed E-state index contributed by atoms with van der Waals surface area (Å²) >= 11 is 3.22. The first kappa shape index (κ1) is 16.9. The summed E-state index contributed by atoms with van der Waals surface area (Å²) in [4.78, 5) is 33.5. The van der Waals surface area contributed by atoms with Crippen molar-refractivity contribution in [1.29, 1.82) is 0 Å². The second-order valence-electron chi connectivity index (χ2n) is 4.41. The summed E-state index contributed by atoms with van der Waals surface area (Å²) in [7, 11) is 0. The number of carbonyl (C=O) groups is 3. The molecule has 8 heteroatoms. The van der Waals surface area contributed by atoms with Gasteiger partial charge in [0.15, 0.2) is 23.3 Å².